The van der Waals surface area contributed by atoms with Crippen molar-refractivity contribution in [3.63, 3.8) is 0 Å². The zero-order chi connectivity index (χ0) is 65.1. The lowest BCUT2D eigenvalue weighted by atomic mass is 9.90. The molecular weight excluding hydrogens is 1360 g/mol. The molecule has 20 N–H and O–H groups in total. The van der Waals surface area contributed by atoms with Crippen LogP contribution in [0.25, 0.3) is 33.4 Å². The maximum atomic E-state index is 14.0. The van der Waals surface area contributed by atoms with Crippen LogP contribution in [0.3, 0.4) is 0 Å². The predicted octanol–water partition coefficient (Wildman–Crippen LogP) is 1.79. The molecule has 1 aliphatic carbocycles. The van der Waals surface area contributed by atoms with Crippen LogP contribution in [0.2, 0.25) is 48.4 Å². The second kappa shape index (κ2) is 31.0. The first-order valence-corrected chi connectivity index (χ1v) is 47.3. The Morgan fingerprint density at radius 1 is 0.527 bits per heavy atom. The molecule has 6 fully saturated rings. The summed E-state index contributed by atoms with van der Waals surface area (Å²) in [6.45, 7) is 1.71. The monoisotopic (exact) mass is 1440 g/mol. The number of fused-ring (bicyclic) bond motifs is 2. The molecule has 2 amide bonds. The maximum Gasteiger partial charge on any atom is 0.478 e. The molecule has 7 aliphatic heterocycles. The molecule has 40 heteroatoms. The van der Waals surface area contributed by atoms with Crippen molar-refractivity contribution in [1.29, 1.82) is 0 Å². The molecule has 6 saturated heterocycles. The summed E-state index contributed by atoms with van der Waals surface area (Å²) in [6.07, 6.45) is 2.71. The molecule has 8 bridgehead atoms. The number of phenols is 1. The van der Waals surface area contributed by atoms with Crippen LogP contribution in [0.4, 0.5) is 5.69 Å². The van der Waals surface area contributed by atoms with Gasteiger partial charge < -0.3 is 125 Å². The Balaban J connectivity index is 0.929. The first-order chi connectivity index (χ1) is 43.7. The van der Waals surface area contributed by atoms with Gasteiger partial charge in [-0.15, -0.1) is 0 Å². The average Bonchev–Trinajstić information content (AvgIpc) is 0.690. The molecule has 0 unspecified atom stereocenters. The molecule has 7 heterocycles. The van der Waals surface area contributed by atoms with Crippen molar-refractivity contribution in [2.24, 2.45) is 40.1 Å². The van der Waals surface area contributed by atoms with Gasteiger partial charge in [0.05, 0.1) is 5.56 Å². The number of nitrogens with one attached hydrogen (secondary N) is 4. The van der Waals surface area contributed by atoms with Gasteiger partial charge in [-0.25, -0.2) is 4.79 Å². The smallest absolute Gasteiger partial charge is 0.478 e. The topological polar surface area (TPSA) is 463 Å². The zero-order valence-corrected chi connectivity index (χ0v) is 60.3. The Morgan fingerprint density at radius 2 is 0.945 bits per heavy atom. The quantitative estimate of drug-likeness (QED) is 0.0104. The SMILES string of the molecule is NCCC[Si]12O[Si]3(CCCN)O[Si]4(CCCN)O[Si](CCCN)(O1)O[Si]1(CCCN)O[Si](CCCN)(O2)O[Si](CCCN)(O3)O[Si](CCCNC(=O)[C@H](CS)NC(=O)CCNC(=S)Nc2ccc(-c3c5ccc(=O)cc-5oc5cc(O)ccc35)c(C(=O)O)c2)(O4)O1. The lowest BCUT2D eigenvalue weighted by Crippen LogP contribution is -2.88. The average molecular weight is 1450 g/mol. The van der Waals surface area contributed by atoms with E-state index in [0.29, 0.717) is 72.7 Å². The minimum Gasteiger partial charge on any atom is -0.508 e. The van der Waals surface area contributed by atoms with Crippen LogP contribution in [0, 0.1) is 0 Å². The number of thiol groups is 1. The van der Waals surface area contributed by atoms with Gasteiger partial charge in [0.2, 0.25) is 11.8 Å². The Kier molecular flexibility index (Phi) is 24.4. The molecule has 0 spiro atoms. The Labute approximate surface area is 546 Å². The summed E-state index contributed by atoms with van der Waals surface area (Å²) < 4.78 is 97.0. The highest BCUT2D eigenvalue weighted by atomic mass is 32.1. The van der Waals surface area contributed by atoms with Crippen LogP contribution in [-0.2, 0) is 59.0 Å². The van der Waals surface area contributed by atoms with Crippen LogP contribution in [0.15, 0.2) is 63.8 Å². The van der Waals surface area contributed by atoms with E-state index in [4.69, 9.17) is 106 Å². The summed E-state index contributed by atoms with van der Waals surface area (Å²) in [5.41, 5.74) is 45.4. The Hall–Kier alpha value is -3.64. The van der Waals surface area contributed by atoms with E-state index in [-0.39, 0.29) is 159 Å². The van der Waals surface area contributed by atoms with E-state index in [2.05, 4.69) is 33.9 Å². The molecule has 502 valence electrons. The van der Waals surface area contributed by atoms with Crippen molar-refractivity contribution in [3.05, 3.63) is 70.4 Å². The standard InChI is InChI=1S/C51H85N11O19S2Si8/c52-16-1-25-84-70-85(26-2-17-53)73-88(29-5-20-56)75-86(71-84,27-3-18-54)77-90(31-7-22-58)78-87(72-84,28-4-19-55)76-89(74-85,30-6-21-57)80-91(79-88,81-90)32-8-23-59-49(66)44(36-82)62-47(65)15-24-60-51(83)61-37-9-12-40(43(33-37)50(67)68)48-41-13-10-38(63)34-45(41)69-46-35-39(64)11-14-42(46)48/h9-14,33-35,44,63,82H,1-8,15-32,36,52-58H2,(H,59,66)(H,62,65)(H,67,68)(H2,60,61,83)/t44-,84?,85?,86?,87?,88?,89?,90?,91?/m0/s1. The van der Waals surface area contributed by atoms with Crippen molar-refractivity contribution in [2.45, 2.75) is 112 Å². The predicted molar refractivity (Wildman–Crippen MR) is 359 cm³/mol. The third-order valence-electron chi connectivity index (χ3n) is 15.4. The van der Waals surface area contributed by atoms with E-state index in [9.17, 15) is 29.4 Å². The number of nitrogens with two attached hydrogens (primary N) is 7. The number of thiocarbonyl (C=S) groups is 1. The molecule has 30 nitrogen and oxygen atoms in total. The summed E-state index contributed by atoms with van der Waals surface area (Å²) in [4.78, 5) is 52.6. The van der Waals surface area contributed by atoms with Crippen LogP contribution in [-0.4, -0.2) is 174 Å². The Bertz CT molecular complexity index is 3120. The van der Waals surface area contributed by atoms with Gasteiger partial charge in [0, 0.05) is 108 Å². The van der Waals surface area contributed by atoms with E-state index in [1.54, 1.807) is 24.3 Å². The number of phenolic OH excluding ortho intramolecular Hbond substituents is 1. The number of anilines is 1. The van der Waals surface area contributed by atoms with Crippen molar-refractivity contribution in [2.75, 3.05) is 70.0 Å². The number of carbonyl (C=O) groups is 3. The first-order valence-electron chi connectivity index (χ1n) is 30.8. The second-order valence-electron chi connectivity index (χ2n) is 22.6. The molecular formula is C51H85N11O19S2Si8. The number of hydrogen-bond acceptors (Lipinski definition) is 27. The van der Waals surface area contributed by atoms with Crippen LogP contribution >= 0.6 is 24.8 Å². The molecule has 8 aliphatic rings. The summed E-state index contributed by atoms with van der Waals surface area (Å²) in [7, 11) is -34.4. The van der Waals surface area contributed by atoms with Crippen LogP contribution in [0.5, 0.6) is 5.75 Å². The number of rotatable bonds is 34. The third kappa shape index (κ3) is 17.0. The summed E-state index contributed by atoms with van der Waals surface area (Å²) in [6, 6.07) is 13.4. The molecule has 1 atom stereocenters. The number of aromatic carboxylic acids is 1. The number of hydrogen-bond donors (Lipinski definition) is 14. The molecule has 0 saturated carbocycles. The van der Waals surface area contributed by atoms with E-state index < -0.39 is 94.3 Å². The summed E-state index contributed by atoms with van der Waals surface area (Å²) in [5, 5.41) is 32.9. The summed E-state index contributed by atoms with van der Waals surface area (Å²) >= 11 is 9.97. The van der Waals surface area contributed by atoms with Crippen LogP contribution in [0.1, 0.15) is 68.1 Å². The van der Waals surface area contributed by atoms with Crippen molar-refractivity contribution >= 4 is 135 Å². The van der Waals surface area contributed by atoms with Gasteiger partial charge in [-0.1, -0.05) is 6.07 Å². The van der Waals surface area contributed by atoms with Gasteiger partial charge in [-0.2, -0.15) is 12.6 Å². The molecule has 91 heavy (non-hydrogen) atoms. The normalized spacial score (nSPS) is 28.6. The van der Waals surface area contributed by atoms with Gasteiger partial charge >= 0.3 is 76.4 Å². The van der Waals surface area contributed by atoms with Crippen LogP contribution < -0.4 is 66.8 Å². The number of amides is 2. The molecule has 0 radical (unpaired) electrons. The third-order valence-corrected chi connectivity index (χ3v) is 53.6. The number of carboxylic acids is 1. The highest BCUT2D eigenvalue weighted by Crippen LogP contribution is 2.55. The minimum atomic E-state index is -4.45. The fourth-order valence-corrected chi connectivity index (χ4v) is 62.6. The van der Waals surface area contributed by atoms with Crippen molar-refractivity contribution in [1.82, 2.24) is 16.0 Å². The molecule has 10 rings (SSSR count). The molecule has 2 aromatic carbocycles. The van der Waals surface area contributed by atoms with Gasteiger partial charge in [0.25, 0.3) is 0 Å². The lowest BCUT2D eigenvalue weighted by molar-refractivity contribution is -0.128. The Morgan fingerprint density at radius 3 is 1.35 bits per heavy atom. The van der Waals surface area contributed by atoms with E-state index in [1.807, 2.05) is 0 Å². The number of carbonyl (C=O) groups excluding carboxylic acids is 2. The number of benzene rings is 3. The second-order valence-corrected chi connectivity index (χ2v) is 48.1. The first kappa shape index (κ1) is 71.6. The number of carboxylic acid groups (broad SMARTS) is 1. The maximum absolute atomic E-state index is 14.0. The van der Waals surface area contributed by atoms with Crippen molar-refractivity contribution in [3.8, 4) is 28.2 Å². The fraction of sp³-hybridized carbons (Fsp3) is 0.549. The highest BCUT2D eigenvalue weighted by Gasteiger charge is 2.82. The zero-order valence-electron chi connectivity index (χ0n) is 50.6. The van der Waals surface area contributed by atoms with E-state index in [0.717, 1.165) is 0 Å². The summed E-state index contributed by atoms with van der Waals surface area (Å²) in [5.74, 6) is -2.20. The van der Waals surface area contributed by atoms with Gasteiger partial charge in [-0.3, -0.25) is 14.4 Å². The lowest BCUT2D eigenvalue weighted by Gasteiger charge is -2.63. The van der Waals surface area contributed by atoms with Gasteiger partial charge in [0.15, 0.2) is 10.5 Å². The van der Waals surface area contributed by atoms with Crippen molar-refractivity contribution < 1.29 is 78.4 Å². The largest absolute Gasteiger partial charge is 0.508 e. The number of aromatic hydroxyl groups is 1. The van der Waals surface area contributed by atoms with E-state index in [1.165, 1.54) is 30.3 Å². The minimum absolute atomic E-state index is 0.0168. The highest BCUT2D eigenvalue weighted by molar-refractivity contribution is 7.80. The fourth-order valence-electron chi connectivity index (χ4n) is 11.5. The van der Waals surface area contributed by atoms with E-state index >= 15 is 0 Å². The van der Waals surface area contributed by atoms with Gasteiger partial charge in [-0.05, 0) is 151 Å². The molecule has 2 aromatic rings. The molecule has 0 aromatic heterocycles. The van der Waals surface area contributed by atoms with Gasteiger partial charge in [0.1, 0.15) is 23.1 Å².